The Balaban J connectivity index is 1.67. The maximum absolute atomic E-state index is 13.7. The van der Waals surface area contributed by atoms with Gasteiger partial charge in [0.1, 0.15) is 5.82 Å². The number of para-hydroxylation sites is 1. The number of aromatic nitrogens is 2. The van der Waals surface area contributed by atoms with E-state index in [2.05, 4.69) is 15.5 Å². The molecular weight excluding hydrogens is 459 g/mol. The van der Waals surface area contributed by atoms with Gasteiger partial charge in [-0.15, -0.1) is 0 Å². The molecule has 5 rings (SSSR count). The van der Waals surface area contributed by atoms with Gasteiger partial charge in [-0.2, -0.15) is 4.98 Å². The summed E-state index contributed by atoms with van der Waals surface area (Å²) in [4.78, 5) is 6.53. The van der Waals surface area contributed by atoms with Gasteiger partial charge in [-0.3, -0.25) is 4.90 Å². The monoisotopic (exact) mass is 476 g/mol. The number of nitrogens with zero attached hydrogens (tertiary/aromatic N) is 3. The molecule has 0 amide bonds. The Morgan fingerprint density at radius 2 is 1.82 bits per heavy atom. The highest BCUT2D eigenvalue weighted by molar-refractivity contribution is 7.80. The Morgan fingerprint density at radius 1 is 1.03 bits per heavy atom. The lowest BCUT2D eigenvalue weighted by molar-refractivity contribution is 0.404. The van der Waals surface area contributed by atoms with Gasteiger partial charge in [-0.05, 0) is 61.1 Å². The summed E-state index contributed by atoms with van der Waals surface area (Å²) < 4.78 is 19.4. The largest absolute Gasteiger partial charge is 0.351 e. The summed E-state index contributed by atoms with van der Waals surface area (Å²) >= 11 is 12.0. The molecule has 33 heavy (non-hydrogen) atoms. The highest BCUT2D eigenvalue weighted by Gasteiger charge is 2.34. The molecule has 0 saturated heterocycles. The third-order valence-electron chi connectivity index (χ3n) is 5.42. The fraction of sp³-hybridized carbons (Fsp3) is 0.0800. The zero-order valence-electron chi connectivity index (χ0n) is 17.5. The van der Waals surface area contributed by atoms with Crippen molar-refractivity contribution in [1.82, 2.24) is 15.5 Å². The molecule has 1 aliphatic rings. The van der Waals surface area contributed by atoms with Crippen molar-refractivity contribution in [3.05, 3.63) is 107 Å². The van der Waals surface area contributed by atoms with Gasteiger partial charge in [0.25, 0.3) is 5.89 Å². The summed E-state index contributed by atoms with van der Waals surface area (Å²) in [6.07, 6.45) is 0. The van der Waals surface area contributed by atoms with E-state index in [4.69, 9.17) is 28.3 Å². The second-order valence-corrected chi connectivity index (χ2v) is 8.36. The van der Waals surface area contributed by atoms with E-state index >= 15 is 0 Å². The molecular formula is C25H18ClFN4OS. The molecule has 2 heterocycles. The van der Waals surface area contributed by atoms with Crippen LogP contribution in [-0.4, -0.2) is 15.3 Å². The normalized spacial score (nSPS) is 16.2. The lowest BCUT2D eigenvalue weighted by Crippen LogP contribution is -2.46. The van der Waals surface area contributed by atoms with Gasteiger partial charge in [-0.1, -0.05) is 59.2 Å². The van der Waals surface area contributed by atoms with Crippen molar-refractivity contribution in [2.24, 2.45) is 0 Å². The first-order valence-corrected chi connectivity index (χ1v) is 11.0. The molecule has 1 atom stereocenters. The van der Waals surface area contributed by atoms with Gasteiger partial charge in [0.2, 0.25) is 5.82 Å². The summed E-state index contributed by atoms with van der Waals surface area (Å²) in [5.41, 5.74) is 3.92. The highest BCUT2D eigenvalue weighted by Crippen LogP contribution is 2.39. The summed E-state index contributed by atoms with van der Waals surface area (Å²) in [6, 6.07) is 23.0. The minimum atomic E-state index is -0.369. The Hall–Kier alpha value is -3.55. The highest BCUT2D eigenvalue weighted by atomic mass is 35.5. The Morgan fingerprint density at radius 3 is 2.58 bits per heavy atom. The molecule has 5 nitrogen and oxygen atoms in total. The van der Waals surface area contributed by atoms with Crippen LogP contribution in [0.3, 0.4) is 0 Å². The predicted molar refractivity (Wildman–Crippen MR) is 131 cm³/mol. The molecule has 0 fully saturated rings. The topological polar surface area (TPSA) is 54.2 Å². The fourth-order valence-corrected chi connectivity index (χ4v) is 4.48. The second-order valence-electron chi connectivity index (χ2n) is 7.54. The molecule has 0 saturated carbocycles. The maximum Gasteiger partial charge on any atom is 0.258 e. The Labute approximate surface area is 200 Å². The maximum atomic E-state index is 13.7. The van der Waals surface area contributed by atoms with Crippen molar-refractivity contribution >= 4 is 40.2 Å². The van der Waals surface area contributed by atoms with Crippen LogP contribution in [0.1, 0.15) is 24.4 Å². The standard InChI is InChI=1S/C25H18ClFN4OS/c1-15-21(24-29-23(30-32-24)17-8-6-10-19(27)14-17)22(16-7-5-9-18(26)13-16)28-25(33)31(15)20-11-3-2-4-12-20/h2-14,22H,1H3,(H,28,33). The van der Waals surface area contributed by atoms with Crippen LogP contribution in [0.2, 0.25) is 5.02 Å². The molecule has 8 heteroatoms. The van der Waals surface area contributed by atoms with Gasteiger partial charge < -0.3 is 9.84 Å². The smallest absolute Gasteiger partial charge is 0.258 e. The molecule has 0 aliphatic carbocycles. The van der Waals surface area contributed by atoms with E-state index in [-0.39, 0.29) is 11.9 Å². The van der Waals surface area contributed by atoms with Gasteiger partial charge in [0.15, 0.2) is 5.11 Å². The van der Waals surface area contributed by atoms with Crippen LogP contribution in [0, 0.1) is 5.82 Å². The summed E-state index contributed by atoms with van der Waals surface area (Å²) in [5.74, 6) is 0.243. The van der Waals surface area contributed by atoms with E-state index < -0.39 is 0 Å². The van der Waals surface area contributed by atoms with Gasteiger partial charge in [0.05, 0.1) is 11.6 Å². The Kier molecular flexibility index (Phi) is 5.66. The van der Waals surface area contributed by atoms with E-state index in [1.54, 1.807) is 12.1 Å². The molecule has 0 bridgehead atoms. The second kappa shape index (κ2) is 8.77. The van der Waals surface area contributed by atoms with E-state index in [9.17, 15) is 4.39 Å². The number of allylic oxidation sites excluding steroid dienone is 1. The summed E-state index contributed by atoms with van der Waals surface area (Å²) in [7, 11) is 0. The number of benzene rings is 3. The van der Waals surface area contributed by atoms with Crippen molar-refractivity contribution in [1.29, 1.82) is 0 Å². The first-order valence-electron chi connectivity index (χ1n) is 10.2. The van der Waals surface area contributed by atoms with Crippen LogP contribution in [-0.2, 0) is 0 Å². The molecule has 0 radical (unpaired) electrons. The molecule has 3 aromatic carbocycles. The number of hydrogen-bond donors (Lipinski definition) is 1. The van der Waals surface area contributed by atoms with Crippen molar-refractivity contribution < 1.29 is 8.91 Å². The first kappa shape index (κ1) is 21.3. The zero-order chi connectivity index (χ0) is 22.9. The lowest BCUT2D eigenvalue weighted by Gasteiger charge is -2.37. The minimum Gasteiger partial charge on any atom is -0.351 e. The van der Waals surface area contributed by atoms with Crippen molar-refractivity contribution in [2.75, 3.05) is 4.90 Å². The minimum absolute atomic E-state index is 0.300. The van der Waals surface area contributed by atoms with E-state index in [1.807, 2.05) is 66.4 Å². The van der Waals surface area contributed by atoms with Gasteiger partial charge in [-0.25, -0.2) is 4.39 Å². The first-order chi connectivity index (χ1) is 16.0. The molecule has 1 N–H and O–H groups in total. The number of thiocarbonyl (C=S) groups is 1. The molecule has 4 aromatic rings. The summed E-state index contributed by atoms with van der Waals surface area (Å²) in [5, 5.41) is 8.65. The van der Waals surface area contributed by atoms with E-state index in [0.717, 1.165) is 22.5 Å². The molecule has 1 aliphatic heterocycles. The SMILES string of the molecule is CC1=C(c2nc(-c3cccc(F)c3)no2)C(c2cccc(Cl)c2)NC(=S)N1c1ccccc1. The predicted octanol–water partition coefficient (Wildman–Crippen LogP) is 6.40. The van der Waals surface area contributed by atoms with Crippen LogP contribution >= 0.6 is 23.8 Å². The lowest BCUT2D eigenvalue weighted by atomic mass is 9.94. The van der Waals surface area contributed by atoms with Crippen molar-refractivity contribution in [3.8, 4) is 11.4 Å². The average molecular weight is 477 g/mol. The van der Waals surface area contributed by atoms with Crippen molar-refractivity contribution in [3.63, 3.8) is 0 Å². The van der Waals surface area contributed by atoms with Crippen LogP contribution in [0.15, 0.2) is 89.1 Å². The number of nitrogens with one attached hydrogen (secondary N) is 1. The Bertz CT molecular complexity index is 1370. The number of hydrogen-bond acceptors (Lipinski definition) is 4. The quantitative estimate of drug-likeness (QED) is 0.344. The third kappa shape index (κ3) is 4.13. The molecule has 1 unspecified atom stereocenters. The van der Waals surface area contributed by atoms with E-state index in [0.29, 0.717) is 27.4 Å². The fourth-order valence-electron chi connectivity index (χ4n) is 3.92. The van der Waals surface area contributed by atoms with Crippen LogP contribution in [0.5, 0.6) is 0 Å². The van der Waals surface area contributed by atoms with Crippen LogP contribution < -0.4 is 10.2 Å². The van der Waals surface area contributed by atoms with Crippen LogP contribution in [0.4, 0.5) is 10.1 Å². The average Bonchev–Trinajstić information content (AvgIpc) is 3.29. The zero-order valence-corrected chi connectivity index (χ0v) is 19.1. The number of rotatable bonds is 4. The van der Waals surface area contributed by atoms with Gasteiger partial charge in [0, 0.05) is 22.0 Å². The van der Waals surface area contributed by atoms with E-state index in [1.165, 1.54) is 12.1 Å². The molecule has 0 spiro atoms. The third-order valence-corrected chi connectivity index (χ3v) is 5.96. The van der Waals surface area contributed by atoms with Crippen LogP contribution in [0.25, 0.3) is 17.0 Å². The number of anilines is 1. The molecule has 1 aromatic heterocycles. The van der Waals surface area contributed by atoms with Gasteiger partial charge >= 0.3 is 0 Å². The summed E-state index contributed by atoms with van der Waals surface area (Å²) in [6.45, 7) is 1.96. The number of halogens is 2. The molecule has 164 valence electrons. The van der Waals surface area contributed by atoms with Crippen molar-refractivity contribution in [2.45, 2.75) is 13.0 Å².